The zero-order valence-electron chi connectivity index (χ0n) is 19.4. The number of oxime groups is 1. The molecule has 0 radical (unpaired) electrons. The Bertz CT molecular complexity index is 1100. The molecule has 3 rings (SSSR count). The number of carboxylic acid groups (broad SMARTS) is 1. The van der Waals surface area contributed by atoms with E-state index in [2.05, 4.69) is 15.5 Å². The first kappa shape index (κ1) is 24.2. The van der Waals surface area contributed by atoms with Gasteiger partial charge >= 0.3 is 11.9 Å². The van der Waals surface area contributed by atoms with Crippen LogP contribution in [0.25, 0.3) is 10.8 Å². The standard InChI is InChI=1S/C24H29N3O6/c1-14(2)24(22(31)26-17(21(29)30)12-19(28)32-23(3,4)5)13-18(27-33-24)20-16-9-7-6-8-15(16)10-11-25-20/h6-11,14,17H,12-13H2,1-5H3,(H,26,31)(H,29,30)/t17-,24+/m0/s1. The van der Waals surface area contributed by atoms with E-state index in [-0.39, 0.29) is 12.3 Å². The molecule has 0 saturated heterocycles. The molecule has 1 aliphatic heterocycles. The van der Waals surface area contributed by atoms with Crippen molar-refractivity contribution in [3.63, 3.8) is 0 Å². The number of aromatic nitrogens is 1. The van der Waals surface area contributed by atoms with Crippen LogP contribution in [0.3, 0.4) is 0 Å². The second-order valence-electron chi connectivity index (χ2n) is 9.39. The van der Waals surface area contributed by atoms with Crippen molar-refractivity contribution in [2.75, 3.05) is 0 Å². The third kappa shape index (κ3) is 5.30. The molecule has 2 heterocycles. The Morgan fingerprint density at radius 1 is 1.21 bits per heavy atom. The highest BCUT2D eigenvalue weighted by Crippen LogP contribution is 2.35. The van der Waals surface area contributed by atoms with Gasteiger partial charge in [0, 0.05) is 23.9 Å². The van der Waals surface area contributed by atoms with Crippen molar-refractivity contribution in [2.24, 2.45) is 11.1 Å². The lowest BCUT2D eigenvalue weighted by atomic mass is 9.83. The second-order valence-corrected chi connectivity index (χ2v) is 9.39. The van der Waals surface area contributed by atoms with Gasteiger partial charge in [-0.2, -0.15) is 0 Å². The van der Waals surface area contributed by atoms with E-state index in [1.807, 2.05) is 30.3 Å². The predicted molar refractivity (Wildman–Crippen MR) is 122 cm³/mol. The summed E-state index contributed by atoms with van der Waals surface area (Å²) in [7, 11) is 0. The molecule has 33 heavy (non-hydrogen) atoms. The van der Waals surface area contributed by atoms with E-state index in [0.29, 0.717) is 11.4 Å². The Kier molecular flexibility index (Phi) is 6.71. The summed E-state index contributed by atoms with van der Waals surface area (Å²) in [5, 5.41) is 18.0. The number of carbonyl (C=O) groups is 3. The first-order valence-electron chi connectivity index (χ1n) is 10.8. The van der Waals surface area contributed by atoms with E-state index >= 15 is 0 Å². The van der Waals surface area contributed by atoms with Gasteiger partial charge in [0.1, 0.15) is 17.4 Å². The van der Waals surface area contributed by atoms with Crippen LogP contribution < -0.4 is 5.32 Å². The minimum Gasteiger partial charge on any atom is -0.480 e. The van der Waals surface area contributed by atoms with Gasteiger partial charge in [-0.05, 0) is 32.2 Å². The maximum absolute atomic E-state index is 13.3. The minimum absolute atomic E-state index is 0.107. The van der Waals surface area contributed by atoms with Gasteiger partial charge in [0.25, 0.3) is 5.91 Å². The lowest BCUT2D eigenvalue weighted by Gasteiger charge is -2.30. The van der Waals surface area contributed by atoms with Crippen molar-refractivity contribution in [3.05, 3.63) is 42.2 Å². The molecule has 1 aromatic heterocycles. The molecule has 2 aromatic rings. The summed E-state index contributed by atoms with van der Waals surface area (Å²) < 4.78 is 5.20. The quantitative estimate of drug-likeness (QED) is 0.614. The molecule has 2 N–H and O–H groups in total. The highest BCUT2D eigenvalue weighted by molar-refractivity contribution is 6.12. The summed E-state index contributed by atoms with van der Waals surface area (Å²) in [6, 6.07) is 8.09. The Morgan fingerprint density at radius 3 is 2.55 bits per heavy atom. The summed E-state index contributed by atoms with van der Waals surface area (Å²) in [6.45, 7) is 8.62. The van der Waals surface area contributed by atoms with Crippen LogP contribution in [0.1, 0.15) is 53.2 Å². The average Bonchev–Trinajstić information content (AvgIpc) is 3.18. The number of esters is 1. The zero-order chi connectivity index (χ0) is 24.4. The average molecular weight is 456 g/mol. The van der Waals surface area contributed by atoms with Gasteiger partial charge < -0.3 is 20.0 Å². The number of amides is 1. The topological polar surface area (TPSA) is 127 Å². The molecule has 2 atom stereocenters. The van der Waals surface area contributed by atoms with Crippen LogP contribution >= 0.6 is 0 Å². The van der Waals surface area contributed by atoms with Crippen LogP contribution in [0, 0.1) is 5.92 Å². The smallest absolute Gasteiger partial charge is 0.326 e. The number of nitrogens with one attached hydrogen (secondary N) is 1. The van der Waals surface area contributed by atoms with Gasteiger partial charge in [-0.15, -0.1) is 0 Å². The van der Waals surface area contributed by atoms with Crippen molar-refractivity contribution < 1.29 is 29.1 Å². The Morgan fingerprint density at radius 2 is 1.91 bits per heavy atom. The number of hydrogen-bond donors (Lipinski definition) is 2. The molecule has 0 bridgehead atoms. The maximum atomic E-state index is 13.3. The molecule has 0 unspecified atom stereocenters. The number of carbonyl (C=O) groups excluding carboxylic acids is 2. The number of aliphatic carboxylic acids is 1. The van der Waals surface area contributed by atoms with E-state index in [9.17, 15) is 19.5 Å². The van der Waals surface area contributed by atoms with E-state index in [0.717, 1.165) is 10.8 Å². The SMILES string of the molecule is CC(C)[C@@]1(C(=O)N[C@@H](CC(=O)OC(C)(C)C)C(=O)O)CC(c2nccc3ccccc23)=NO1. The molecular weight excluding hydrogens is 426 g/mol. The van der Waals surface area contributed by atoms with Crippen LogP contribution in [0.15, 0.2) is 41.7 Å². The van der Waals surface area contributed by atoms with Crippen molar-refractivity contribution in [1.29, 1.82) is 0 Å². The molecule has 9 nitrogen and oxygen atoms in total. The minimum atomic E-state index is -1.47. The summed E-state index contributed by atoms with van der Waals surface area (Å²) in [5.74, 6) is -3.07. The van der Waals surface area contributed by atoms with Crippen molar-refractivity contribution >= 4 is 34.3 Å². The van der Waals surface area contributed by atoms with Crippen LogP contribution in [0.2, 0.25) is 0 Å². The molecule has 1 amide bonds. The number of carboxylic acids is 1. The van der Waals surface area contributed by atoms with E-state index in [1.54, 1.807) is 40.8 Å². The lowest BCUT2D eigenvalue weighted by Crippen LogP contribution is -2.55. The molecule has 1 aromatic carbocycles. The molecular formula is C24H29N3O6. The molecule has 176 valence electrons. The van der Waals surface area contributed by atoms with Crippen LogP contribution in [-0.4, -0.2) is 50.9 Å². The molecule has 0 saturated carbocycles. The highest BCUT2D eigenvalue weighted by atomic mass is 16.7. The predicted octanol–water partition coefficient (Wildman–Crippen LogP) is 3.06. The van der Waals surface area contributed by atoms with Crippen molar-refractivity contribution in [3.8, 4) is 0 Å². The van der Waals surface area contributed by atoms with E-state index < -0.39 is 41.5 Å². The van der Waals surface area contributed by atoms with Crippen LogP contribution in [-0.2, 0) is 24.0 Å². The van der Waals surface area contributed by atoms with E-state index in [1.165, 1.54) is 0 Å². The largest absolute Gasteiger partial charge is 0.480 e. The Hall–Kier alpha value is -3.49. The molecule has 0 aliphatic carbocycles. The number of benzene rings is 1. The molecule has 1 aliphatic rings. The van der Waals surface area contributed by atoms with Gasteiger partial charge in [-0.25, -0.2) is 4.79 Å². The fourth-order valence-electron chi connectivity index (χ4n) is 3.65. The number of ether oxygens (including phenoxy) is 1. The molecule has 0 fully saturated rings. The third-order valence-electron chi connectivity index (χ3n) is 5.41. The van der Waals surface area contributed by atoms with Crippen molar-refractivity contribution in [1.82, 2.24) is 10.3 Å². The summed E-state index contributed by atoms with van der Waals surface area (Å²) >= 11 is 0. The highest BCUT2D eigenvalue weighted by Gasteiger charge is 2.51. The van der Waals surface area contributed by atoms with Crippen molar-refractivity contribution in [2.45, 2.75) is 64.7 Å². The summed E-state index contributed by atoms with van der Waals surface area (Å²) in [6.07, 6.45) is 1.26. The van der Waals surface area contributed by atoms with Gasteiger partial charge in [0.2, 0.25) is 5.60 Å². The molecule has 0 spiro atoms. The fourth-order valence-corrected chi connectivity index (χ4v) is 3.65. The van der Waals surface area contributed by atoms with Gasteiger partial charge in [-0.1, -0.05) is 43.3 Å². The normalized spacial score (nSPS) is 19.0. The molecule has 9 heteroatoms. The first-order valence-corrected chi connectivity index (χ1v) is 10.8. The Labute approximate surface area is 192 Å². The van der Waals surface area contributed by atoms with Gasteiger partial charge in [0.05, 0.1) is 12.1 Å². The number of nitrogens with zero attached hydrogens (tertiary/aromatic N) is 2. The number of rotatable bonds is 7. The van der Waals surface area contributed by atoms with Gasteiger partial charge in [-0.3, -0.25) is 14.6 Å². The third-order valence-corrected chi connectivity index (χ3v) is 5.41. The number of fused-ring (bicyclic) bond motifs is 1. The summed E-state index contributed by atoms with van der Waals surface area (Å²) in [4.78, 5) is 47.3. The van der Waals surface area contributed by atoms with Crippen LogP contribution in [0.4, 0.5) is 0 Å². The van der Waals surface area contributed by atoms with Crippen LogP contribution in [0.5, 0.6) is 0 Å². The lowest BCUT2D eigenvalue weighted by molar-refractivity contribution is -0.161. The fraction of sp³-hybridized carbons (Fsp3) is 0.458. The second kappa shape index (κ2) is 9.17. The number of pyridine rings is 1. The monoisotopic (exact) mass is 455 g/mol. The summed E-state index contributed by atoms with van der Waals surface area (Å²) in [5.41, 5.74) is -1.11. The number of hydrogen-bond acceptors (Lipinski definition) is 7. The Balaban J connectivity index is 1.81. The first-order chi connectivity index (χ1) is 15.4. The van der Waals surface area contributed by atoms with E-state index in [4.69, 9.17) is 9.57 Å². The maximum Gasteiger partial charge on any atom is 0.326 e. The zero-order valence-corrected chi connectivity index (χ0v) is 19.4. The van der Waals surface area contributed by atoms with Gasteiger partial charge in [0.15, 0.2) is 0 Å².